The number of benzene rings is 2. The number of rotatable bonds is 7. The van der Waals surface area contributed by atoms with Crippen LogP contribution in [-0.4, -0.2) is 25.0 Å². The molecule has 1 fully saturated rings. The van der Waals surface area contributed by atoms with Crippen molar-refractivity contribution in [1.29, 1.82) is 0 Å². The van der Waals surface area contributed by atoms with Gasteiger partial charge in [-0.25, -0.2) is 0 Å². The maximum atomic E-state index is 12.6. The van der Waals surface area contributed by atoms with Crippen LogP contribution < -0.4 is 20.1 Å². The molecule has 0 aliphatic heterocycles. The van der Waals surface area contributed by atoms with Crippen LogP contribution >= 0.6 is 0 Å². The lowest BCUT2D eigenvalue weighted by molar-refractivity contribution is -0.122. The second-order valence-electron chi connectivity index (χ2n) is 7.29. The van der Waals surface area contributed by atoms with E-state index < -0.39 is 0 Å². The molecule has 6 heteroatoms. The number of amides is 2. The third-order valence-corrected chi connectivity index (χ3v) is 4.58. The molecular weight excluding hydrogens is 356 g/mol. The van der Waals surface area contributed by atoms with Gasteiger partial charge in [0.15, 0.2) is 0 Å². The zero-order chi connectivity index (χ0) is 20.3. The Morgan fingerprint density at radius 1 is 0.964 bits per heavy atom. The van der Waals surface area contributed by atoms with Gasteiger partial charge in [-0.05, 0) is 57.0 Å². The van der Waals surface area contributed by atoms with Crippen molar-refractivity contribution in [2.24, 2.45) is 11.8 Å². The van der Waals surface area contributed by atoms with Gasteiger partial charge in [0.25, 0.3) is 0 Å². The van der Waals surface area contributed by atoms with Crippen LogP contribution in [0.5, 0.6) is 11.5 Å². The lowest BCUT2D eigenvalue weighted by atomic mass is 10.2. The summed E-state index contributed by atoms with van der Waals surface area (Å²) in [6.07, 6.45) is 0.528. The summed E-state index contributed by atoms with van der Waals surface area (Å²) in [7, 11) is 1.56. The normalized spacial score (nSPS) is 17.8. The van der Waals surface area contributed by atoms with E-state index in [1.807, 2.05) is 57.2 Å². The minimum Gasteiger partial charge on any atom is -0.495 e. The van der Waals surface area contributed by atoms with E-state index in [9.17, 15) is 9.59 Å². The van der Waals surface area contributed by atoms with E-state index in [1.54, 1.807) is 13.2 Å². The molecule has 2 aromatic carbocycles. The molecule has 0 bridgehead atoms. The molecule has 28 heavy (non-hydrogen) atoms. The fourth-order valence-electron chi connectivity index (χ4n) is 3.07. The largest absolute Gasteiger partial charge is 0.495 e. The Kier molecular flexibility index (Phi) is 5.87. The van der Waals surface area contributed by atoms with E-state index in [0.29, 0.717) is 29.3 Å². The third kappa shape index (κ3) is 4.63. The highest BCUT2D eigenvalue weighted by Crippen LogP contribution is 2.41. The minimum absolute atomic E-state index is 0.00168. The van der Waals surface area contributed by atoms with Crippen LogP contribution in [0.3, 0.4) is 0 Å². The van der Waals surface area contributed by atoms with Gasteiger partial charge in [-0.2, -0.15) is 0 Å². The molecule has 2 unspecified atom stereocenters. The molecule has 0 spiro atoms. The lowest BCUT2D eigenvalue weighted by Crippen LogP contribution is -2.21. The summed E-state index contributed by atoms with van der Waals surface area (Å²) in [5.41, 5.74) is 2.25. The number of nitrogens with one attached hydrogen (secondary N) is 2. The van der Waals surface area contributed by atoms with Gasteiger partial charge >= 0.3 is 0 Å². The van der Waals surface area contributed by atoms with Crippen molar-refractivity contribution in [2.45, 2.75) is 33.3 Å². The molecule has 0 saturated heterocycles. The summed E-state index contributed by atoms with van der Waals surface area (Å²) in [6.45, 7) is 5.80. The van der Waals surface area contributed by atoms with Gasteiger partial charge in [0.2, 0.25) is 11.8 Å². The number of para-hydroxylation sites is 2. The zero-order valence-corrected chi connectivity index (χ0v) is 16.6. The van der Waals surface area contributed by atoms with Crippen molar-refractivity contribution in [2.75, 3.05) is 17.7 Å². The molecule has 2 N–H and O–H groups in total. The van der Waals surface area contributed by atoms with E-state index in [4.69, 9.17) is 9.47 Å². The first-order chi connectivity index (χ1) is 13.4. The van der Waals surface area contributed by atoms with Crippen LogP contribution in [0.2, 0.25) is 0 Å². The van der Waals surface area contributed by atoms with Crippen molar-refractivity contribution in [1.82, 2.24) is 0 Å². The molecule has 1 aliphatic rings. The van der Waals surface area contributed by atoms with Gasteiger partial charge in [-0.3, -0.25) is 9.59 Å². The molecule has 2 amide bonds. The summed E-state index contributed by atoms with van der Waals surface area (Å²) in [6, 6.07) is 12.9. The maximum Gasteiger partial charge on any atom is 0.228 e. The number of carbonyl (C=O) groups excluding carboxylic acids is 2. The van der Waals surface area contributed by atoms with Gasteiger partial charge < -0.3 is 20.1 Å². The first-order valence-electron chi connectivity index (χ1n) is 9.41. The van der Waals surface area contributed by atoms with Crippen LogP contribution in [0, 0.1) is 18.8 Å². The van der Waals surface area contributed by atoms with E-state index in [2.05, 4.69) is 10.6 Å². The second kappa shape index (κ2) is 8.33. The Balaban J connectivity index is 1.62. The summed E-state index contributed by atoms with van der Waals surface area (Å²) in [5, 5.41) is 5.77. The summed E-state index contributed by atoms with van der Waals surface area (Å²) >= 11 is 0. The average Bonchev–Trinajstić information content (AvgIpc) is 3.44. The molecule has 2 aromatic rings. The van der Waals surface area contributed by atoms with Gasteiger partial charge in [0.05, 0.1) is 36.4 Å². The lowest BCUT2D eigenvalue weighted by Gasteiger charge is -2.15. The van der Waals surface area contributed by atoms with Gasteiger partial charge in [-0.15, -0.1) is 0 Å². The number of ether oxygens (including phenoxy) is 2. The number of hydrogen-bond acceptors (Lipinski definition) is 4. The van der Waals surface area contributed by atoms with Crippen LogP contribution in [0.4, 0.5) is 11.4 Å². The number of carbonyl (C=O) groups is 2. The van der Waals surface area contributed by atoms with Crippen LogP contribution in [0.15, 0.2) is 42.5 Å². The molecule has 0 radical (unpaired) electrons. The van der Waals surface area contributed by atoms with Crippen molar-refractivity contribution >= 4 is 23.2 Å². The van der Waals surface area contributed by atoms with Crippen molar-refractivity contribution in [3.05, 3.63) is 48.0 Å². The smallest absolute Gasteiger partial charge is 0.228 e. The number of methoxy groups -OCH3 is 1. The highest BCUT2D eigenvalue weighted by atomic mass is 16.5. The maximum absolute atomic E-state index is 12.6. The monoisotopic (exact) mass is 382 g/mol. The summed E-state index contributed by atoms with van der Waals surface area (Å²) < 4.78 is 11.0. The standard InChI is InChI=1S/C22H26N2O4/c1-13(2)28-20-8-6-5-7-17(20)23-21(25)15-12-16(15)22(26)24-18-11-14(3)9-10-19(18)27-4/h5-11,13,15-16H,12H2,1-4H3,(H,23,25)(H,24,26). The minimum atomic E-state index is -0.345. The summed E-state index contributed by atoms with van der Waals surface area (Å²) in [4.78, 5) is 25.1. The van der Waals surface area contributed by atoms with Crippen molar-refractivity contribution < 1.29 is 19.1 Å². The summed E-state index contributed by atoms with van der Waals surface area (Å²) in [5.74, 6) is 0.190. The highest BCUT2D eigenvalue weighted by molar-refractivity contribution is 6.04. The van der Waals surface area contributed by atoms with E-state index in [-0.39, 0.29) is 29.8 Å². The van der Waals surface area contributed by atoms with Crippen LogP contribution in [-0.2, 0) is 9.59 Å². The molecule has 2 atom stereocenters. The number of anilines is 2. The second-order valence-corrected chi connectivity index (χ2v) is 7.29. The van der Waals surface area contributed by atoms with Crippen LogP contribution in [0.1, 0.15) is 25.8 Å². The van der Waals surface area contributed by atoms with Gasteiger partial charge in [0.1, 0.15) is 11.5 Å². The Hall–Kier alpha value is -3.02. The topological polar surface area (TPSA) is 76.7 Å². The van der Waals surface area contributed by atoms with Crippen molar-refractivity contribution in [3.63, 3.8) is 0 Å². The molecule has 0 aromatic heterocycles. The Morgan fingerprint density at radius 2 is 1.61 bits per heavy atom. The van der Waals surface area contributed by atoms with Gasteiger partial charge in [0, 0.05) is 0 Å². The van der Waals surface area contributed by atoms with E-state index >= 15 is 0 Å². The molecule has 148 valence electrons. The molecule has 1 saturated carbocycles. The predicted octanol–water partition coefficient (Wildman–Crippen LogP) is 4.00. The SMILES string of the molecule is COc1ccc(C)cc1NC(=O)C1CC1C(=O)Nc1ccccc1OC(C)C. The highest BCUT2D eigenvalue weighted by Gasteiger charge is 2.48. The fourth-order valence-corrected chi connectivity index (χ4v) is 3.07. The van der Waals surface area contributed by atoms with Crippen LogP contribution in [0.25, 0.3) is 0 Å². The van der Waals surface area contributed by atoms with Gasteiger partial charge in [-0.1, -0.05) is 18.2 Å². The fraction of sp³-hybridized carbons (Fsp3) is 0.364. The first kappa shape index (κ1) is 19.7. The predicted molar refractivity (Wildman–Crippen MR) is 109 cm³/mol. The first-order valence-corrected chi connectivity index (χ1v) is 9.41. The quantitative estimate of drug-likeness (QED) is 0.759. The van der Waals surface area contributed by atoms with E-state index in [1.165, 1.54) is 0 Å². The number of hydrogen-bond donors (Lipinski definition) is 2. The Bertz CT molecular complexity index is 879. The molecule has 0 heterocycles. The molecule has 3 rings (SSSR count). The Morgan fingerprint density at radius 3 is 2.25 bits per heavy atom. The molecule has 1 aliphatic carbocycles. The van der Waals surface area contributed by atoms with E-state index in [0.717, 1.165) is 5.56 Å². The number of aryl methyl sites for hydroxylation is 1. The third-order valence-electron chi connectivity index (χ3n) is 4.58. The van der Waals surface area contributed by atoms with Crippen molar-refractivity contribution in [3.8, 4) is 11.5 Å². The molecule has 6 nitrogen and oxygen atoms in total. The average molecular weight is 382 g/mol. The molecular formula is C22H26N2O4. The Labute approximate surface area is 165 Å². The zero-order valence-electron chi connectivity index (χ0n) is 16.6.